The zero-order valence-corrected chi connectivity index (χ0v) is 17.9. The van der Waals surface area contributed by atoms with Crippen molar-refractivity contribution in [2.75, 3.05) is 0 Å². The summed E-state index contributed by atoms with van der Waals surface area (Å²) in [4.78, 5) is 0. The van der Waals surface area contributed by atoms with E-state index in [0.29, 0.717) is 0 Å². The van der Waals surface area contributed by atoms with Gasteiger partial charge in [0.2, 0.25) is 0 Å². The maximum absolute atomic E-state index is 4.20. The van der Waals surface area contributed by atoms with Gasteiger partial charge >= 0.3 is 0 Å². The van der Waals surface area contributed by atoms with Gasteiger partial charge in [0.15, 0.2) is 0 Å². The lowest BCUT2D eigenvalue weighted by atomic mass is 9.85. The Hall–Kier alpha value is -4.16. The summed E-state index contributed by atoms with van der Waals surface area (Å²) in [6.07, 6.45) is 2.00. The Morgan fingerprint density at radius 2 is 0.781 bits per heavy atom. The zero-order valence-electron chi connectivity index (χ0n) is 17.9. The van der Waals surface area contributed by atoms with Crippen LogP contribution < -0.4 is 0 Å². The molecule has 0 heterocycles. The molecule has 152 valence electrons. The Morgan fingerprint density at radius 3 is 1.34 bits per heavy atom. The molecule has 5 aromatic rings. The molecule has 0 amide bonds. The van der Waals surface area contributed by atoms with Crippen LogP contribution in [0.2, 0.25) is 0 Å². The molecule has 5 rings (SSSR count). The fraction of sp³-hybridized carbons (Fsp3) is 0. The first-order valence-corrected chi connectivity index (χ1v) is 10.9. The second kappa shape index (κ2) is 8.91. The van der Waals surface area contributed by atoms with Gasteiger partial charge in [-0.15, -0.1) is 0 Å². The van der Waals surface area contributed by atoms with Crippen LogP contribution in [0.15, 0.2) is 134 Å². The van der Waals surface area contributed by atoms with Gasteiger partial charge in [0.1, 0.15) is 0 Å². The maximum Gasteiger partial charge on any atom is -0.00268 e. The molecular weight excluding hydrogens is 384 g/mol. The first kappa shape index (κ1) is 19.8. The second-order valence-electron chi connectivity index (χ2n) is 7.83. The summed E-state index contributed by atoms with van der Waals surface area (Å²) in [5.41, 5.74) is 10.8. The first-order chi connectivity index (χ1) is 15.8. The van der Waals surface area contributed by atoms with Crippen LogP contribution in [-0.4, -0.2) is 0 Å². The van der Waals surface area contributed by atoms with E-state index in [2.05, 4.69) is 128 Å². The van der Waals surface area contributed by atoms with E-state index in [0.717, 1.165) is 5.56 Å². The van der Waals surface area contributed by atoms with Crippen molar-refractivity contribution in [3.8, 4) is 44.5 Å². The van der Waals surface area contributed by atoms with Crippen LogP contribution in [0.3, 0.4) is 0 Å². The molecule has 0 aliphatic rings. The van der Waals surface area contributed by atoms with Gasteiger partial charge in [0.05, 0.1) is 0 Å². The topological polar surface area (TPSA) is 0 Å². The van der Waals surface area contributed by atoms with Gasteiger partial charge in [-0.05, 0) is 50.1 Å². The average molecular weight is 409 g/mol. The van der Waals surface area contributed by atoms with Gasteiger partial charge in [0, 0.05) is 0 Å². The third-order valence-electron chi connectivity index (χ3n) is 5.90. The van der Waals surface area contributed by atoms with Crippen molar-refractivity contribution in [3.63, 3.8) is 0 Å². The molecule has 0 unspecified atom stereocenters. The molecule has 0 N–H and O–H groups in total. The normalized spacial score (nSPS) is 10.6. The van der Waals surface area contributed by atoms with Crippen LogP contribution in [0.25, 0.3) is 50.6 Å². The Kier molecular flexibility index (Phi) is 5.51. The lowest BCUT2D eigenvalue weighted by Crippen LogP contribution is -1.93. The van der Waals surface area contributed by atoms with Gasteiger partial charge in [-0.2, -0.15) is 0 Å². The zero-order chi connectivity index (χ0) is 21.8. The standard InChI is InChI=1S/C32H24/c1-2-29-30(27-20-18-25(19-21-27)24-12-6-3-7-13-24)22-23-31(26-14-8-4-9-15-26)32(29)28-16-10-5-11-17-28/h2-23H,1H2. The van der Waals surface area contributed by atoms with Crippen molar-refractivity contribution in [1.29, 1.82) is 0 Å². The van der Waals surface area contributed by atoms with Gasteiger partial charge in [0.25, 0.3) is 0 Å². The Balaban J connectivity index is 1.68. The van der Waals surface area contributed by atoms with Crippen molar-refractivity contribution in [1.82, 2.24) is 0 Å². The Labute approximate surface area is 190 Å². The minimum Gasteiger partial charge on any atom is -0.0984 e. The van der Waals surface area contributed by atoms with E-state index in [1.165, 1.54) is 44.5 Å². The largest absolute Gasteiger partial charge is 0.0984 e. The van der Waals surface area contributed by atoms with Gasteiger partial charge in [-0.1, -0.05) is 140 Å². The molecule has 0 aliphatic heterocycles. The van der Waals surface area contributed by atoms with E-state index in [1.54, 1.807) is 0 Å². The summed E-state index contributed by atoms with van der Waals surface area (Å²) in [6.45, 7) is 4.20. The van der Waals surface area contributed by atoms with E-state index < -0.39 is 0 Å². The highest BCUT2D eigenvalue weighted by molar-refractivity contribution is 5.95. The predicted octanol–water partition coefficient (Wildman–Crippen LogP) is 9.00. The van der Waals surface area contributed by atoms with Gasteiger partial charge < -0.3 is 0 Å². The summed E-state index contributed by atoms with van der Waals surface area (Å²) < 4.78 is 0. The Bertz CT molecular complexity index is 1330. The molecule has 32 heavy (non-hydrogen) atoms. The SMILES string of the molecule is C=Cc1c(-c2ccc(-c3ccccc3)cc2)ccc(-c2ccccc2)c1-c1ccccc1. The fourth-order valence-corrected chi connectivity index (χ4v) is 4.33. The monoisotopic (exact) mass is 408 g/mol. The van der Waals surface area contributed by atoms with Crippen LogP contribution in [0.4, 0.5) is 0 Å². The molecule has 0 nitrogen and oxygen atoms in total. The van der Waals surface area contributed by atoms with E-state index in [1.807, 2.05) is 12.1 Å². The number of benzene rings is 5. The minimum absolute atomic E-state index is 1.16. The summed E-state index contributed by atoms with van der Waals surface area (Å²) in [5, 5.41) is 0. The van der Waals surface area contributed by atoms with Crippen LogP contribution in [-0.2, 0) is 0 Å². The predicted molar refractivity (Wildman–Crippen MR) is 138 cm³/mol. The summed E-state index contributed by atoms with van der Waals surface area (Å²) in [6, 6.07) is 45.0. The highest BCUT2D eigenvalue weighted by atomic mass is 14.2. The molecular formula is C32H24. The van der Waals surface area contributed by atoms with E-state index in [-0.39, 0.29) is 0 Å². The average Bonchev–Trinajstić information content (AvgIpc) is 2.89. The maximum atomic E-state index is 4.20. The molecule has 0 bridgehead atoms. The molecule has 0 heteroatoms. The highest BCUT2D eigenvalue weighted by Gasteiger charge is 2.15. The molecule has 0 aromatic heterocycles. The lowest BCUT2D eigenvalue weighted by Gasteiger charge is -2.18. The highest BCUT2D eigenvalue weighted by Crippen LogP contribution is 2.41. The van der Waals surface area contributed by atoms with Crippen molar-refractivity contribution >= 4 is 6.08 Å². The first-order valence-electron chi connectivity index (χ1n) is 10.9. The molecule has 0 aliphatic carbocycles. The molecule has 0 spiro atoms. The summed E-state index contributed by atoms with van der Waals surface area (Å²) in [5.74, 6) is 0. The number of hydrogen-bond donors (Lipinski definition) is 0. The molecule has 5 aromatic carbocycles. The summed E-state index contributed by atoms with van der Waals surface area (Å²) >= 11 is 0. The van der Waals surface area contributed by atoms with Crippen LogP contribution in [0.5, 0.6) is 0 Å². The quantitative estimate of drug-likeness (QED) is 0.272. The molecule has 0 atom stereocenters. The van der Waals surface area contributed by atoms with Crippen LogP contribution in [0, 0.1) is 0 Å². The van der Waals surface area contributed by atoms with Crippen molar-refractivity contribution in [2.24, 2.45) is 0 Å². The summed E-state index contributed by atoms with van der Waals surface area (Å²) in [7, 11) is 0. The number of rotatable bonds is 5. The van der Waals surface area contributed by atoms with Crippen molar-refractivity contribution in [2.45, 2.75) is 0 Å². The third-order valence-corrected chi connectivity index (χ3v) is 5.90. The third kappa shape index (κ3) is 3.79. The second-order valence-corrected chi connectivity index (χ2v) is 7.83. The van der Waals surface area contributed by atoms with Crippen LogP contribution >= 0.6 is 0 Å². The van der Waals surface area contributed by atoms with Crippen molar-refractivity contribution in [3.05, 3.63) is 140 Å². The fourth-order valence-electron chi connectivity index (χ4n) is 4.33. The van der Waals surface area contributed by atoms with Gasteiger partial charge in [-0.25, -0.2) is 0 Å². The van der Waals surface area contributed by atoms with Crippen LogP contribution in [0.1, 0.15) is 5.56 Å². The minimum atomic E-state index is 1.16. The molecule has 0 radical (unpaired) electrons. The van der Waals surface area contributed by atoms with E-state index in [4.69, 9.17) is 0 Å². The Morgan fingerprint density at radius 1 is 0.375 bits per heavy atom. The molecule has 0 saturated heterocycles. The van der Waals surface area contributed by atoms with E-state index >= 15 is 0 Å². The van der Waals surface area contributed by atoms with Crippen molar-refractivity contribution < 1.29 is 0 Å². The lowest BCUT2D eigenvalue weighted by molar-refractivity contribution is 1.54. The smallest absolute Gasteiger partial charge is 0.00268 e. The molecule has 0 fully saturated rings. The van der Waals surface area contributed by atoms with E-state index in [9.17, 15) is 0 Å². The molecule has 0 saturated carbocycles. The number of hydrogen-bond acceptors (Lipinski definition) is 0. The van der Waals surface area contributed by atoms with Gasteiger partial charge in [-0.3, -0.25) is 0 Å².